The van der Waals surface area contributed by atoms with Crippen molar-refractivity contribution in [2.24, 2.45) is 16.5 Å². The maximum absolute atomic E-state index is 12.1. The molecule has 0 aliphatic rings. The molecule has 0 heterocycles. The molecule has 20 heavy (non-hydrogen) atoms. The summed E-state index contributed by atoms with van der Waals surface area (Å²) in [5, 5.41) is 5.88. The second-order valence-electron chi connectivity index (χ2n) is 4.65. The van der Waals surface area contributed by atoms with Crippen LogP contribution in [0.25, 0.3) is 0 Å². The molecule has 0 fully saturated rings. The Morgan fingerprint density at radius 3 is 2.50 bits per heavy atom. The van der Waals surface area contributed by atoms with Crippen LogP contribution in [0.5, 0.6) is 0 Å². The van der Waals surface area contributed by atoms with Gasteiger partial charge in [-0.25, -0.2) is 0 Å². The zero-order valence-corrected chi connectivity index (χ0v) is 12.0. The first kappa shape index (κ1) is 16.0. The van der Waals surface area contributed by atoms with Gasteiger partial charge in [0.05, 0.1) is 6.04 Å². The SMILES string of the molecule is CNC(CCCN=C(N)N)C(=O)Nc1ccc(C)cc1. The minimum Gasteiger partial charge on any atom is -0.370 e. The Bertz CT molecular complexity index is 451. The number of carbonyl (C=O) groups excluding carboxylic acids is 1. The van der Waals surface area contributed by atoms with Crippen molar-refractivity contribution in [1.82, 2.24) is 5.32 Å². The highest BCUT2D eigenvalue weighted by Crippen LogP contribution is 2.10. The first-order valence-electron chi connectivity index (χ1n) is 6.63. The van der Waals surface area contributed by atoms with Crippen LogP contribution in [0.1, 0.15) is 18.4 Å². The Morgan fingerprint density at radius 2 is 1.95 bits per heavy atom. The van der Waals surface area contributed by atoms with Gasteiger partial charge in [-0.1, -0.05) is 17.7 Å². The normalized spacial score (nSPS) is 11.7. The fraction of sp³-hybridized carbons (Fsp3) is 0.429. The van der Waals surface area contributed by atoms with Gasteiger partial charge in [-0.15, -0.1) is 0 Å². The number of hydrogen-bond donors (Lipinski definition) is 4. The molecule has 6 heteroatoms. The quantitative estimate of drug-likeness (QED) is 0.332. The van der Waals surface area contributed by atoms with E-state index in [-0.39, 0.29) is 17.9 Å². The maximum atomic E-state index is 12.1. The number of guanidine groups is 1. The second kappa shape index (κ2) is 8.16. The molecule has 6 N–H and O–H groups in total. The highest BCUT2D eigenvalue weighted by atomic mass is 16.2. The number of amides is 1. The van der Waals surface area contributed by atoms with Crippen molar-refractivity contribution < 1.29 is 4.79 Å². The minimum atomic E-state index is -0.259. The van der Waals surface area contributed by atoms with Crippen LogP contribution in [-0.2, 0) is 4.79 Å². The number of nitrogens with one attached hydrogen (secondary N) is 2. The lowest BCUT2D eigenvalue weighted by Crippen LogP contribution is -2.38. The Labute approximate surface area is 119 Å². The maximum Gasteiger partial charge on any atom is 0.241 e. The molecular weight excluding hydrogens is 254 g/mol. The summed E-state index contributed by atoms with van der Waals surface area (Å²) in [5.74, 6) is 0.0242. The number of rotatable bonds is 7. The molecule has 1 unspecified atom stereocenters. The molecule has 1 rings (SSSR count). The summed E-state index contributed by atoms with van der Waals surface area (Å²) in [6.07, 6.45) is 1.41. The number of benzene rings is 1. The molecule has 0 aromatic heterocycles. The number of nitrogens with zero attached hydrogens (tertiary/aromatic N) is 1. The Morgan fingerprint density at radius 1 is 1.30 bits per heavy atom. The van der Waals surface area contributed by atoms with Gasteiger partial charge in [0.2, 0.25) is 5.91 Å². The number of nitrogens with two attached hydrogens (primary N) is 2. The van der Waals surface area contributed by atoms with Crippen molar-refractivity contribution in [3.05, 3.63) is 29.8 Å². The van der Waals surface area contributed by atoms with Crippen molar-refractivity contribution >= 4 is 17.6 Å². The van der Waals surface area contributed by atoms with Gasteiger partial charge in [0, 0.05) is 12.2 Å². The number of likely N-dealkylation sites (N-methyl/N-ethyl adjacent to an activating group) is 1. The average molecular weight is 277 g/mol. The van der Waals surface area contributed by atoms with E-state index in [1.807, 2.05) is 31.2 Å². The lowest BCUT2D eigenvalue weighted by atomic mass is 10.1. The molecule has 0 bridgehead atoms. The molecular formula is C14H23N5O. The summed E-state index contributed by atoms with van der Waals surface area (Å²) in [6.45, 7) is 2.53. The van der Waals surface area contributed by atoms with Gasteiger partial charge >= 0.3 is 0 Å². The number of aliphatic imine (C=N–C) groups is 1. The molecule has 1 atom stereocenters. The largest absolute Gasteiger partial charge is 0.370 e. The van der Waals surface area contributed by atoms with Crippen LogP contribution < -0.4 is 22.1 Å². The average Bonchev–Trinajstić information content (AvgIpc) is 2.41. The summed E-state index contributed by atoms with van der Waals surface area (Å²) in [7, 11) is 1.76. The van der Waals surface area contributed by atoms with E-state index in [0.717, 1.165) is 17.7 Å². The topological polar surface area (TPSA) is 106 Å². The van der Waals surface area contributed by atoms with Crippen LogP contribution in [0, 0.1) is 6.92 Å². The molecule has 1 amide bonds. The summed E-state index contributed by atoms with van der Waals surface area (Å²) in [6, 6.07) is 7.44. The molecule has 0 aliphatic carbocycles. The summed E-state index contributed by atoms with van der Waals surface area (Å²) in [5.41, 5.74) is 12.5. The number of aryl methyl sites for hydroxylation is 1. The lowest BCUT2D eigenvalue weighted by Gasteiger charge is -2.15. The highest BCUT2D eigenvalue weighted by Gasteiger charge is 2.15. The van der Waals surface area contributed by atoms with E-state index >= 15 is 0 Å². The molecule has 0 radical (unpaired) electrons. The van der Waals surface area contributed by atoms with Crippen LogP contribution in [0.4, 0.5) is 5.69 Å². The van der Waals surface area contributed by atoms with Crippen molar-refractivity contribution in [3.8, 4) is 0 Å². The Kier molecular flexibility index (Phi) is 6.52. The minimum absolute atomic E-state index is 0.0546. The van der Waals surface area contributed by atoms with Crippen LogP contribution in [0.2, 0.25) is 0 Å². The zero-order valence-electron chi connectivity index (χ0n) is 12.0. The van der Waals surface area contributed by atoms with Crippen LogP contribution in [0.15, 0.2) is 29.3 Å². The van der Waals surface area contributed by atoms with E-state index in [2.05, 4.69) is 15.6 Å². The third kappa shape index (κ3) is 5.71. The Hall–Kier alpha value is -2.08. The molecule has 0 spiro atoms. The van der Waals surface area contributed by atoms with Crippen molar-refractivity contribution in [2.75, 3.05) is 18.9 Å². The monoisotopic (exact) mass is 277 g/mol. The van der Waals surface area contributed by atoms with Crippen molar-refractivity contribution in [1.29, 1.82) is 0 Å². The summed E-state index contributed by atoms with van der Waals surface area (Å²) in [4.78, 5) is 16.0. The second-order valence-corrected chi connectivity index (χ2v) is 4.65. The van der Waals surface area contributed by atoms with Crippen molar-refractivity contribution in [3.63, 3.8) is 0 Å². The van der Waals surface area contributed by atoms with Gasteiger partial charge in [-0.2, -0.15) is 0 Å². The van der Waals surface area contributed by atoms with E-state index in [1.165, 1.54) is 0 Å². The number of hydrogen-bond acceptors (Lipinski definition) is 3. The van der Waals surface area contributed by atoms with E-state index < -0.39 is 0 Å². The van der Waals surface area contributed by atoms with Crippen LogP contribution in [-0.4, -0.2) is 31.5 Å². The molecule has 0 saturated heterocycles. The third-order valence-corrected chi connectivity index (χ3v) is 2.93. The first-order valence-corrected chi connectivity index (χ1v) is 6.63. The van der Waals surface area contributed by atoms with Gasteiger partial charge in [0.15, 0.2) is 5.96 Å². The fourth-order valence-electron chi connectivity index (χ4n) is 1.78. The molecule has 0 aliphatic heterocycles. The number of anilines is 1. The molecule has 1 aromatic rings. The molecule has 110 valence electrons. The lowest BCUT2D eigenvalue weighted by molar-refractivity contribution is -0.118. The predicted molar refractivity (Wildman–Crippen MR) is 82.6 cm³/mol. The zero-order chi connectivity index (χ0) is 15.0. The van der Waals surface area contributed by atoms with E-state index in [9.17, 15) is 4.79 Å². The van der Waals surface area contributed by atoms with E-state index in [4.69, 9.17) is 11.5 Å². The first-order chi connectivity index (χ1) is 9.52. The predicted octanol–water partition coefficient (Wildman–Crippen LogP) is 0.575. The molecule has 1 aromatic carbocycles. The van der Waals surface area contributed by atoms with E-state index in [1.54, 1.807) is 7.05 Å². The Balaban J connectivity index is 2.46. The van der Waals surface area contributed by atoms with E-state index in [0.29, 0.717) is 13.0 Å². The van der Waals surface area contributed by atoms with Gasteiger partial charge in [-0.05, 0) is 38.9 Å². The smallest absolute Gasteiger partial charge is 0.241 e. The van der Waals surface area contributed by atoms with Crippen LogP contribution >= 0.6 is 0 Å². The van der Waals surface area contributed by atoms with Crippen LogP contribution in [0.3, 0.4) is 0 Å². The molecule has 6 nitrogen and oxygen atoms in total. The summed E-state index contributed by atoms with van der Waals surface area (Å²) < 4.78 is 0. The highest BCUT2D eigenvalue weighted by molar-refractivity contribution is 5.94. The van der Waals surface area contributed by atoms with Gasteiger partial charge in [-0.3, -0.25) is 9.79 Å². The van der Waals surface area contributed by atoms with Gasteiger partial charge in [0.1, 0.15) is 0 Å². The standard InChI is InChI=1S/C14H23N5O/c1-10-5-7-11(8-6-10)19-13(20)12(17-2)4-3-9-18-14(15)16/h5-8,12,17H,3-4,9H2,1-2H3,(H,19,20)(H4,15,16,18). The van der Waals surface area contributed by atoms with Crippen molar-refractivity contribution in [2.45, 2.75) is 25.8 Å². The number of carbonyl (C=O) groups is 1. The summed E-state index contributed by atoms with van der Waals surface area (Å²) >= 11 is 0. The molecule has 0 saturated carbocycles. The third-order valence-electron chi connectivity index (χ3n) is 2.93. The van der Waals surface area contributed by atoms with Gasteiger partial charge in [0.25, 0.3) is 0 Å². The van der Waals surface area contributed by atoms with Gasteiger partial charge < -0.3 is 22.1 Å². The fourth-order valence-corrected chi connectivity index (χ4v) is 1.78.